The smallest absolute Gasteiger partial charge is 0.462 e. The van der Waals surface area contributed by atoms with Gasteiger partial charge in [0.1, 0.15) is 6.61 Å². The zero-order valence-corrected chi connectivity index (χ0v) is 32.2. The zero-order valence-electron chi connectivity index (χ0n) is 31.3. The third-order valence-electron chi connectivity index (χ3n) is 8.38. The molecule has 0 aromatic heterocycles. The van der Waals surface area contributed by atoms with Gasteiger partial charge in [-0.1, -0.05) is 147 Å². The number of rotatable bonds is 36. The van der Waals surface area contributed by atoms with Crippen molar-refractivity contribution in [3.63, 3.8) is 0 Å². The van der Waals surface area contributed by atoms with Crippen LogP contribution in [0.15, 0.2) is 36.5 Å². The van der Waals surface area contributed by atoms with Crippen LogP contribution in [0, 0.1) is 0 Å². The second-order valence-corrected chi connectivity index (χ2v) is 14.5. The number of hydrogen-bond acceptors (Lipinski definition) is 6. The van der Waals surface area contributed by atoms with Gasteiger partial charge in [0.25, 0.3) is 0 Å². The van der Waals surface area contributed by atoms with Crippen molar-refractivity contribution in [1.29, 1.82) is 0 Å². The third-order valence-corrected chi connectivity index (χ3v) is 8.87. The first kappa shape index (κ1) is 47.3. The van der Waals surface area contributed by atoms with Gasteiger partial charge < -0.3 is 19.3 Å². The van der Waals surface area contributed by atoms with Gasteiger partial charge in [0.15, 0.2) is 6.10 Å². The van der Waals surface area contributed by atoms with Crippen molar-refractivity contribution in [3.05, 3.63) is 36.5 Å². The van der Waals surface area contributed by atoms with Crippen LogP contribution in [0.5, 0.6) is 0 Å². The highest BCUT2D eigenvalue weighted by Gasteiger charge is 2.22. The molecule has 0 saturated carbocycles. The standard InChI is InChI=1S/C40H73O8P/c1-3-5-7-9-11-13-15-17-19-20-21-23-24-26-28-30-32-34-39(41)46-36-38(37-47-49(43,44)45)48-40(42)35-33-31-29-27-25-22-18-16-14-12-10-8-6-4-2/h10,12,16-19,38H,3-9,11,13-15,20-37H2,1-2H3,(H2,43,44,45)/b12-10-,18-16-,19-17-/t38-/m1/s1. The van der Waals surface area contributed by atoms with Crippen LogP contribution in [0.4, 0.5) is 0 Å². The molecule has 286 valence electrons. The molecule has 0 aliphatic heterocycles. The third kappa shape index (κ3) is 38.9. The highest BCUT2D eigenvalue weighted by molar-refractivity contribution is 7.46. The largest absolute Gasteiger partial charge is 0.469 e. The molecule has 0 unspecified atom stereocenters. The molecule has 2 N–H and O–H groups in total. The number of phosphoric acid groups is 1. The lowest BCUT2D eigenvalue weighted by atomic mass is 10.1. The number of phosphoric ester groups is 1. The summed E-state index contributed by atoms with van der Waals surface area (Å²) in [6.07, 6.45) is 41.5. The number of hydrogen-bond donors (Lipinski definition) is 2. The molecule has 9 heteroatoms. The lowest BCUT2D eigenvalue weighted by Crippen LogP contribution is -2.29. The predicted octanol–water partition coefficient (Wildman–Crippen LogP) is 11.8. The van der Waals surface area contributed by atoms with E-state index < -0.39 is 32.5 Å². The number of carbonyl (C=O) groups excluding carboxylic acids is 2. The van der Waals surface area contributed by atoms with Crippen molar-refractivity contribution in [2.75, 3.05) is 13.2 Å². The van der Waals surface area contributed by atoms with E-state index in [1.807, 2.05) is 0 Å². The molecule has 0 aromatic rings. The molecule has 8 nitrogen and oxygen atoms in total. The normalized spacial score (nSPS) is 12.8. The second kappa shape index (κ2) is 36.1. The number of allylic oxidation sites excluding steroid dienone is 6. The Bertz CT molecular complexity index is 895. The van der Waals surface area contributed by atoms with Gasteiger partial charge in [-0.2, -0.15) is 0 Å². The maximum atomic E-state index is 12.4. The molecule has 0 radical (unpaired) electrons. The van der Waals surface area contributed by atoms with E-state index in [4.69, 9.17) is 19.3 Å². The van der Waals surface area contributed by atoms with E-state index in [1.165, 1.54) is 77.0 Å². The second-order valence-electron chi connectivity index (χ2n) is 13.2. The fraction of sp³-hybridized carbons (Fsp3) is 0.800. The van der Waals surface area contributed by atoms with Gasteiger partial charge in [-0.3, -0.25) is 14.1 Å². The van der Waals surface area contributed by atoms with Gasteiger partial charge in [0.05, 0.1) is 6.61 Å². The lowest BCUT2D eigenvalue weighted by molar-refractivity contribution is -0.161. The van der Waals surface area contributed by atoms with Crippen LogP contribution in [0.3, 0.4) is 0 Å². The summed E-state index contributed by atoms with van der Waals surface area (Å²) >= 11 is 0. The first-order valence-electron chi connectivity index (χ1n) is 19.8. The predicted molar refractivity (Wildman–Crippen MR) is 202 cm³/mol. The fourth-order valence-electron chi connectivity index (χ4n) is 5.38. The van der Waals surface area contributed by atoms with E-state index >= 15 is 0 Å². The number of esters is 2. The summed E-state index contributed by atoms with van der Waals surface area (Å²) in [5.41, 5.74) is 0. The highest BCUT2D eigenvalue weighted by atomic mass is 31.2. The molecule has 0 aliphatic carbocycles. The molecule has 1 atom stereocenters. The summed E-state index contributed by atoms with van der Waals surface area (Å²) in [6, 6.07) is 0. The van der Waals surface area contributed by atoms with Crippen LogP contribution < -0.4 is 0 Å². The number of unbranched alkanes of at least 4 members (excludes halogenated alkanes) is 20. The summed E-state index contributed by atoms with van der Waals surface area (Å²) in [4.78, 5) is 42.7. The maximum absolute atomic E-state index is 12.4. The Kier molecular flexibility index (Phi) is 34.8. The van der Waals surface area contributed by atoms with E-state index in [2.05, 4.69) is 54.8 Å². The van der Waals surface area contributed by atoms with E-state index in [-0.39, 0.29) is 19.4 Å². The molecular weight excluding hydrogens is 639 g/mol. The minimum absolute atomic E-state index is 0.195. The molecule has 0 aliphatic rings. The van der Waals surface area contributed by atoms with Gasteiger partial charge in [0.2, 0.25) is 0 Å². The summed E-state index contributed by atoms with van der Waals surface area (Å²) in [5.74, 6) is -0.905. The average molecular weight is 713 g/mol. The van der Waals surface area contributed by atoms with Crippen molar-refractivity contribution in [3.8, 4) is 0 Å². The van der Waals surface area contributed by atoms with E-state index in [9.17, 15) is 14.2 Å². The van der Waals surface area contributed by atoms with E-state index in [0.717, 1.165) is 77.0 Å². The Morgan fingerprint density at radius 2 is 0.939 bits per heavy atom. The zero-order chi connectivity index (χ0) is 36.1. The topological polar surface area (TPSA) is 119 Å². The maximum Gasteiger partial charge on any atom is 0.469 e. The van der Waals surface area contributed by atoms with Gasteiger partial charge in [-0.25, -0.2) is 4.57 Å². The van der Waals surface area contributed by atoms with Gasteiger partial charge in [-0.15, -0.1) is 0 Å². The first-order valence-corrected chi connectivity index (χ1v) is 21.3. The van der Waals surface area contributed by atoms with Crippen LogP contribution in [0.2, 0.25) is 0 Å². The Morgan fingerprint density at radius 3 is 1.43 bits per heavy atom. The average Bonchev–Trinajstić information content (AvgIpc) is 3.07. The minimum atomic E-state index is -4.75. The number of ether oxygens (including phenoxy) is 2. The molecule has 0 amide bonds. The van der Waals surface area contributed by atoms with Crippen molar-refractivity contribution in [2.24, 2.45) is 0 Å². The van der Waals surface area contributed by atoms with E-state index in [1.54, 1.807) is 0 Å². The SMILES string of the molecule is CCCC/C=C\C/C=C\CCCCCCCC(=O)O[C@H](COC(=O)CCCCCCCCC/C=C\CCCCCCCC)COP(=O)(O)O. The summed E-state index contributed by atoms with van der Waals surface area (Å²) in [7, 11) is -4.75. The number of carbonyl (C=O) groups is 2. The molecule has 0 fully saturated rings. The molecule has 0 bridgehead atoms. The summed E-state index contributed by atoms with van der Waals surface area (Å²) in [5, 5.41) is 0. The molecular formula is C40H73O8P. The molecule has 0 spiro atoms. The molecule has 0 saturated heterocycles. The molecule has 0 aromatic carbocycles. The van der Waals surface area contributed by atoms with Crippen LogP contribution in [-0.4, -0.2) is 41.0 Å². The molecule has 49 heavy (non-hydrogen) atoms. The van der Waals surface area contributed by atoms with Crippen LogP contribution in [-0.2, 0) is 28.2 Å². The summed E-state index contributed by atoms with van der Waals surface area (Å²) in [6.45, 7) is 3.62. The molecule has 0 heterocycles. The Balaban J connectivity index is 3.96. The lowest BCUT2D eigenvalue weighted by Gasteiger charge is -2.18. The monoisotopic (exact) mass is 713 g/mol. The van der Waals surface area contributed by atoms with E-state index in [0.29, 0.717) is 6.42 Å². The fourth-order valence-corrected chi connectivity index (χ4v) is 5.74. The highest BCUT2D eigenvalue weighted by Crippen LogP contribution is 2.36. The van der Waals surface area contributed by atoms with Crippen molar-refractivity contribution in [1.82, 2.24) is 0 Å². The van der Waals surface area contributed by atoms with Gasteiger partial charge in [-0.05, 0) is 64.2 Å². The quantitative estimate of drug-likeness (QED) is 0.0285. The Labute approximate surface area is 300 Å². The van der Waals surface area contributed by atoms with Gasteiger partial charge in [0, 0.05) is 12.8 Å². The first-order chi connectivity index (χ1) is 23.8. The van der Waals surface area contributed by atoms with Crippen molar-refractivity contribution in [2.45, 2.75) is 193 Å². The van der Waals surface area contributed by atoms with Crippen molar-refractivity contribution < 1.29 is 37.9 Å². The van der Waals surface area contributed by atoms with Crippen molar-refractivity contribution >= 4 is 19.8 Å². The van der Waals surface area contributed by atoms with Crippen LogP contribution in [0.25, 0.3) is 0 Å². The Morgan fingerprint density at radius 1 is 0.531 bits per heavy atom. The Hall–Kier alpha value is -1.73. The molecule has 0 rings (SSSR count). The van der Waals surface area contributed by atoms with Crippen LogP contribution in [0.1, 0.15) is 187 Å². The minimum Gasteiger partial charge on any atom is -0.462 e. The van der Waals surface area contributed by atoms with Crippen LogP contribution >= 0.6 is 7.82 Å². The summed E-state index contributed by atoms with van der Waals surface area (Å²) < 4.78 is 26.3. The van der Waals surface area contributed by atoms with Gasteiger partial charge >= 0.3 is 19.8 Å².